The maximum Gasteiger partial charge on any atom is 0.255 e. The second-order valence-corrected chi connectivity index (χ2v) is 8.60. The zero-order valence-corrected chi connectivity index (χ0v) is 17.9. The second kappa shape index (κ2) is 9.08. The summed E-state index contributed by atoms with van der Waals surface area (Å²) >= 11 is 0. The summed E-state index contributed by atoms with van der Waals surface area (Å²) in [4.78, 5) is 32.9. The minimum absolute atomic E-state index is 0.0278. The molecule has 164 valence electrons. The minimum Gasteiger partial charge on any atom is -0.474 e. The molecule has 0 atom stereocenters. The first-order valence-corrected chi connectivity index (χ1v) is 11.5. The molecule has 0 radical (unpaired) electrons. The Labute approximate surface area is 183 Å². The van der Waals surface area contributed by atoms with Crippen LogP contribution in [0.1, 0.15) is 48.9 Å². The highest BCUT2D eigenvalue weighted by atomic mass is 16.5. The number of ether oxygens (including phenoxy) is 1. The molecule has 8 nitrogen and oxygen atoms in total. The largest absolute Gasteiger partial charge is 0.474 e. The Bertz CT molecular complexity index is 885. The van der Waals surface area contributed by atoms with Gasteiger partial charge >= 0.3 is 0 Å². The van der Waals surface area contributed by atoms with Crippen LogP contribution in [-0.2, 0) is 0 Å². The van der Waals surface area contributed by atoms with E-state index in [1.165, 1.54) is 25.7 Å². The summed E-state index contributed by atoms with van der Waals surface area (Å²) in [5.74, 6) is 2.41. The normalized spacial score (nSPS) is 19.8. The molecule has 2 aliphatic heterocycles. The van der Waals surface area contributed by atoms with Gasteiger partial charge in [0.25, 0.3) is 5.91 Å². The van der Waals surface area contributed by atoms with Gasteiger partial charge in [-0.1, -0.05) is 0 Å². The molecule has 5 rings (SSSR count). The first kappa shape index (κ1) is 20.0. The third-order valence-corrected chi connectivity index (χ3v) is 6.48. The zero-order chi connectivity index (χ0) is 21.0. The predicted molar refractivity (Wildman–Crippen MR) is 119 cm³/mol. The number of aromatic nitrogens is 3. The van der Waals surface area contributed by atoms with Crippen LogP contribution in [0, 0.1) is 0 Å². The summed E-state index contributed by atoms with van der Waals surface area (Å²) < 4.78 is 5.91. The molecule has 0 bridgehead atoms. The highest BCUT2D eigenvalue weighted by Gasteiger charge is 2.24. The topological polar surface area (TPSA) is 74.7 Å². The highest BCUT2D eigenvalue weighted by Crippen LogP contribution is 2.24. The molecule has 3 fully saturated rings. The molecule has 0 aromatic carbocycles. The van der Waals surface area contributed by atoms with Gasteiger partial charge in [0, 0.05) is 57.7 Å². The molecule has 1 saturated carbocycles. The van der Waals surface area contributed by atoms with Gasteiger partial charge in [-0.3, -0.25) is 4.79 Å². The Hall–Kier alpha value is -2.90. The quantitative estimate of drug-likeness (QED) is 0.733. The van der Waals surface area contributed by atoms with Crippen molar-refractivity contribution in [1.82, 2.24) is 19.9 Å². The number of amides is 1. The molecule has 1 amide bonds. The average Bonchev–Trinajstić information content (AvgIpc) is 3.54. The van der Waals surface area contributed by atoms with Gasteiger partial charge in [-0.25, -0.2) is 9.97 Å². The predicted octanol–water partition coefficient (Wildman–Crippen LogP) is 2.76. The van der Waals surface area contributed by atoms with E-state index in [1.807, 2.05) is 29.3 Å². The fourth-order valence-corrected chi connectivity index (χ4v) is 4.66. The zero-order valence-electron chi connectivity index (χ0n) is 17.9. The van der Waals surface area contributed by atoms with Gasteiger partial charge in [-0.15, -0.1) is 0 Å². The number of piperazine rings is 1. The number of carbonyl (C=O) groups is 1. The van der Waals surface area contributed by atoms with Gasteiger partial charge in [-0.05, 0) is 50.7 Å². The van der Waals surface area contributed by atoms with Gasteiger partial charge in [0.1, 0.15) is 11.9 Å². The van der Waals surface area contributed by atoms with Crippen LogP contribution in [0.5, 0.6) is 5.88 Å². The van der Waals surface area contributed by atoms with Crippen LogP contribution in [0.4, 0.5) is 11.8 Å². The van der Waals surface area contributed by atoms with E-state index in [1.54, 1.807) is 6.20 Å². The lowest BCUT2D eigenvalue weighted by atomic mass is 10.2. The number of rotatable bonds is 5. The van der Waals surface area contributed by atoms with E-state index in [-0.39, 0.29) is 12.0 Å². The van der Waals surface area contributed by atoms with Crippen molar-refractivity contribution in [2.45, 2.75) is 44.6 Å². The van der Waals surface area contributed by atoms with E-state index >= 15 is 0 Å². The fourth-order valence-electron chi connectivity index (χ4n) is 4.66. The summed E-state index contributed by atoms with van der Waals surface area (Å²) in [6.07, 6.45) is 10.8. The molecule has 2 saturated heterocycles. The summed E-state index contributed by atoms with van der Waals surface area (Å²) in [5.41, 5.74) is 0.616. The van der Waals surface area contributed by atoms with Crippen molar-refractivity contribution in [2.24, 2.45) is 0 Å². The van der Waals surface area contributed by atoms with Gasteiger partial charge in [0.05, 0.1) is 5.56 Å². The lowest BCUT2D eigenvalue weighted by Crippen LogP contribution is -2.49. The van der Waals surface area contributed by atoms with E-state index in [4.69, 9.17) is 9.72 Å². The van der Waals surface area contributed by atoms with Crippen molar-refractivity contribution in [3.8, 4) is 5.88 Å². The van der Waals surface area contributed by atoms with Crippen LogP contribution in [0.15, 0.2) is 30.6 Å². The number of pyridine rings is 1. The van der Waals surface area contributed by atoms with Crippen LogP contribution >= 0.6 is 0 Å². The molecule has 2 aromatic rings. The highest BCUT2D eigenvalue weighted by molar-refractivity contribution is 5.94. The van der Waals surface area contributed by atoms with E-state index in [0.29, 0.717) is 24.5 Å². The first-order chi connectivity index (χ1) is 15.3. The third kappa shape index (κ3) is 4.57. The standard InChI is InChI=1S/C23H30N6O2/c30-22(18-7-8-21(25-17-18)31-19-5-1-2-6-19)28-15-13-27(14-16-28)20-9-10-24-23(26-20)29-11-3-4-12-29/h7-10,17,19H,1-6,11-16H2. The minimum atomic E-state index is 0.0278. The molecule has 0 N–H and O–H groups in total. The number of hydrogen-bond acceptors (Lipinski definition) is 7. The molecule has 1 aliphatic carbocycles. The number of hydrogen-bond donors (Lipinski definition) is 0. The number of nitrogens with zero attached hydrogens (tertiary/aromatic N) is 6. The van der Waals surface area contributed by atoms with Crippen molar-refractivity contribution in [2.75, 3.05) is 49.1 Å². The van der Waals surface area contributed by atoms with Gasteiger partial charge < -0.3 is 19.4 Å². The van der Waals surface area contributed by atoms with Gasteiger partial charge in [0.2, 0.25) is 11.8 Å². The van der Waals surface area contributed by atoms with Gasteiger partial charge in [0.15, 0.2) is 0 Å². The Morgan fingerprint density at radius 1 is 0.871 bits per heavy atom. The number of anilines is 2. The molecular weight excluding hydrogens is 392 g/mol. The maximum atomic E-state index is 12.9. The monoisotopic (exact) mass is 422 g/mol. The lowest BCUT2D eigenvalue weighted by Gasteiger charge is -2.35. The van der Waals surface area contributed by atoms with Crippen LogP contribution in [-0.4, -0.2) is 71.1 Å². The molecule has 0 spiro atoms. The van der Waals surface area contributed by atoms with Crippen LogP contribution in [0.25, 0.3) is 0 Å². The van der Waals surface area contributed by atoms with Gasteiger partial charge in [-0.2, -0.15) is 4.98 Å². The van der Waals surface area contributed by atoms with E-state index in [9.17, 15) is 4.79 Å². The molecule has 8 heteroatoms. The Kier molecular flexibility index (Phi) is 5.86. The molecule has 2 aromatic heterocycles. The summed E-state index contributed by atoms with van der Waals surface area (Å²) in [6.45, 7) is 4.93. The van der Waals surface area contributed by atoms with E-state index in [0.717, 1.165) is 50.8 Å². The van der Waals surface area contributed by atoms with Crippen molar-refractivity contribution in [1.29, 1.82) is 0 Å². The molecule has 4 heterocycles. The molecule has 3 aliphatic rings. The Morgan fingerprint density at radius 3 is 2.35 bits per heavy atom. The van der Waals surface area contributed by atoms with E-state index < -0.39 is 0 Å². The second-order valence-electron chi connectivity index (χ2n) is 8.60. The summed E-state index contributed by atoms with van der Waals surface area (Å²) in [5, 5.41) is 0. The SMILES string of the molecule is O=C(c1ccc(OC2CCCC2)nc1)N1CCN(c2ccnc(N3CCCC3)n2)CC1. The smallest absolute Gasteiger partial charge is 0.255 e. The molecule has 0 unspecified atom stereocenters. The Balaban J connectivity index is 1.16. The summed E-state index contributed by atoms with van der Waals surface area (Å²) in [6, 6.07) is 5.62. The molecule has 31 heavy (non-hydrogen) atoms. The Morgan fingerprint density at radius 2 is 1.65 bits per heavy atom. The van der Waals surface area contributed by atoms with Crippen molar-refractivity contribution < 1.29 is 9.53 Å². The summed E-state index contributed by atoms with van der Waals surface area (Å²) in [7, 11) is 0. The number of carbonyl (C=O) groups excluding carboxylic acids is 1. The fraction of sp³-hybridized carbons (Fsp3) is 0.565. The van der Waals surface area contributed by atoms with Crippen molar-refractivity contribution in [3.05, 3.63) is 36.2 Å². The third-order valence-electron chi connectivity index (χ3n) is 6.48. The van der Waals surface area contributed by atoms with Crippen molar-refractivity contribution in [3.63, 3.8) is 0 Å². The van der Waals surface area contributed by atoms with E-state index in [2.05, 4.69) is 19.8 Å². The van der Waals surface area contributed by atoms with Crippen LogP contribution in [0.2, 0.25) is 0 Å². The van der Waals surface area contributed by atoms with Crippen LogP contribution < -0.4 is 14.5 Å². The maximum absolute atomic E-state index is 12.9. The average molecular weight is 423 g/mol. The first-order valence-electron chi connectivity index (χ1n) is 11.5. The lowest BCUT2D eigenvalue weighted by molar-refractivity contribution is 0.0746. The van der Waals surface area contributed by atoms with Crippen molar-refractivity contribution >= 4 is 17.7 Å². The molecular formula is C23H30N6O2. The van der Waals surface area contributed by atoms with Crippen LogP contribution in [0.3, 0.4) is 0 Å².